The molecular formula is C16H13FO4. The average Bonchev–Trinajstić information content (AvgIpc) is 2.47. The van der Waals surface area contributed by atoms with E-state index in [1.54, 1.807) is 0 Å². The molecule has 4 nitrogen and oxygen atoms in total. The number of aromatic hydroxyl groups is 1. The maximum atomic E-state index is 12.8. The van der Waals surface area contributed by atoms with Gasteiger partial charge in [0.2, 0.25) is 5.78 Å². The van der Waals surface area contributed by atoms with E-state index in [9.17, 15) is 19.1 Å². The predicted molar refractivity (Wildman–Crippen MR) is 73.7 cm³/mol. The number of carbonyl (C=O) groups excluding carboxylic acids is 2. The first-order valence-electron chi connectivity index (χ1n) is 6.27. The van der Waals surface area contributed by atoms with Crippen LogP contribution in [0.4, 0.5) is 4.39 Å². The Kier molecular flexibility index (Phi) is 4.33. The van der Waals surface area contributed by atoms with E-state index in [-0.39, 0.29) is 16.9 Å². The normalized spacial score (nSPS) is 11.7. The molecule has 108 valence electrons. The number of carbonyl (C=O) groups is 2. The Labute approximate surface area is 120 Å². The summed E-state index contributed by atoms with van der Waals surface area (Å²) in [7, 11) is 0. The van der Waals surface area contributed by atoms with Gasteiger partial charge in [0.1, 0.15) is 11.6 Å². The predicted octanol–water partition coefficient (Wildman–Crippen LogP) is 2.96. The molecule has 0 aliphatic carbocycles. The van der Waals surface area contributed by atoms with E-state index in [4.69, 9.17) is 4.74 Å². The Balaban J connectivity index is 2.07. The van der Waals surface area contributed by atoms with E-state index in [0.717, 1.165) is 12.1 Å². The van der Waals surface area contributed by atoms with Gasteiger partial charge in [-0.05, 0) is 49.4 Å². The molecule has 0 spiro atoms. The maximum absolute atomic E-state index is 12.8. The lowest BCUT2D eigenvalue weighted by Crippen LogP contribution is -2.24. The van der Waals surface area contributed by atoms with Gasteiger partial charge in [-0.25, -0.2) is 9.18 Å². The molecule has 1 N–H and O–H groups in total. The largest absolute Gasteiger partial charge is 0.508 e. The van der Waals surface area contributed by atoms with Crippen LogP contribution in [0.1, 0.15) is 27.6 Å². The maximum Gasteiger partial charge on any atom is 0.338 e. The van der Waals surface area contributed by atoms with Crippen LogP contribution in [-0.4, -0.2) is 23.0 Å². The van der Waals surface area contributed by atoms with Gasteiger partial charge in [-0.3, -0.25) is 4.79 Å². The molecule has 5 heteroatoms. The molecule has 1 atom stereocenters. The molecule has 2 aromatic rings. The number of esters is 1. The number of phenols is 1. The summed E-state index contributed by atoms with van der Waals surface area (Å²) in [6.07, 6.45) is -1.01. The molecule has 0 aliphatic heterocycles. The summed E-state index contributed by atoms with van der Waals surface area (Å²) >= 11 is 0. The van der Waals surface area contributed by atoms with Gasteiger partial charge >= 0.3 is 5.97 Å². The second-order valence-corrected chi connectivity index (χ2v) is 4.47. The Morgan fingerprint density at radius 2 is 1.76 bits per heavy atom. The van der Waals surface area contributed by atoms with Crippen molar-refractivity contribution in [3.05, 3.63) is 65.5 Å². The van der Waals surface area contributed by atoms with E-state index in [0.29, 0.717) is 0 Å². The number of ketones is 1. The van der Waals surface area contributed by atoms with Crippen molar-refractivity contribution in [3.8, 4) is 5.75 Å². The lowest BCUT2D eigenvalue weighted by atomic mass is 10.1. The molecule has 0 aliphatic rings. The van der Waals surface area contributed by atoms with E-state index < -0.39 is 23.7 Å². The second-order valence-electron chi connectivity index (χ2n) is 4.47. The number of halogens is 1. The molecule has 0 amide bonds. The number of hydrogen-bond acceptors (Lipinski definition) is 4. The lowest BCUT2D eigenvalue weighted by molar-refractivity contribution is 0.0318. The molecule has 21 heavy (non-hydrogen) atoms. The molecule has 2 aromatic carbocycles. The monoisotopic (exact) mass is 288 g/mol. The van der Waals surface area contributed by atoms with Crippen LogP contribution in [0.2, 0.25) is 0 Å². The first-order chi connectivity index (χ1) is 9.97. The van der Waals surface area contributed by atoms with Crippen molar-refractivity contribution in [2.75, 3.05) is 0 Å². The number of Topliss-reactive ketones (excluding diaryl/α,β-unsaturated/α-hetero) is 1. The fourth-order valence-corrected chi connectivity index (χ4v) is 1.76. The zero-order valence-corrected chi connectivity index (χ0v) is 11.2. The van der Waals surface area contributed by atoms with E-state index in [2.05, 4.69) is 0 Å². The van der Waals surface area contributed by atoms with Crippen molar-refractivity contribution in [1.82, 2.24) is 0 Å². The molecule has 0 heterocycles. The van der Waals surface area contributed by atoms with Crippen molar-refractivity contribution in [2.45, 2.75) is 13.0 Å². The van der Waals surface area contributed by atoms with Crippen LogP contribution in [-0.2, 0) is 4.74 Å². The van der Waals surface area contributed by atoms with Crippen molar-refractivity contribution < 1.29 is 23.8 Å². The van der Waals surface area contributed by atoms with Gasteiger partial charge in [-0.2, -0.15) is 0 Å². The molecular weight excluding hydrogens is 275 g/mol. The van der Waals surface area contributed by atoms with E-state index in [1.165, 1.54) is 43.3 Å². The van der Waals surface area contributed by atoms with Crippen LogP contribution in [0.5, 0.6) is 5.75 Å². The molecule has 0 aromatic heterocycles. The summed E-state index contributed by atoms with van der Waals surface area (Å²) in [6, 6.07) is 10.6. The Hall–Kier alpha value is -2.69. The SMILES string of the molecule is C[C@@H](OC(=O)c1cccc(O)c1)C(=O)c1ccc(F)cc1. The first kappa shape index (κ1) is 14.7. The minimum Gasteiger partial charge on any atom is -0.508 e. The first-order valence-corrected chi connectivity index (χ1v) is 6.27. The third-order valence-corrected chi connectivity index (χ3v) is 2.86. The van der Waals surface area contributed by atoms with Gasteiger partial charge in [0.05, 0.1) is 5.56 Å². The molecule has 0 unspecified atom stereocenters. The molecule has 0 saturated carbocycles. The fourth-order valence-electron chi connectivity index (χ4n) is 1.76. The summed E-state index contributed by atoms with van der Waals surface area (Å²) < 4.78 is 17.8. The second kappa shape index (κ2) is 6.17. The van der Waals surface area contributed by atoms with Gasteiger partial charge < -0.3 is 9.84 Å². The number of benzene rings is 2. The highest BCUT2D eigenvalue weighted by Gasteiger charge is 2.20. The molecule has 2 rings (SSSR count). The Morgan fingerprint density at radius 3 is 2.38 bits per heavy atom. The third-order valence-electron chi connectivity index (χ3n) is 2.86. The van der Waals surface area contributed by atoms with Gasteiger partial charge in [0.25, 0.3) is 0 Å². The molecule has 0 fully saturated rings. The van der Waals surface area contributed by atoms with E-state index >= 15 is 0 Å². The number of rotatable bonds is 4. The summed E-state index contributed by atoms with van der Waals surface area (Å²) in [6.45, 7) is 1.44. The molecule has 0 bridgehead atoms. The van der Waals surface area contributed by atoms with Crippen LogP contribution in [0.3, 0.4) is 0 Å². The third kappa shape index (κ3) is 3.66. The van der Waals surface area contributed by atoms with Crippen molar-refractivity contribution >= 4 is 11.8 Å². The van der Waals surface area contributed by atoms with Gasteiger partial charge in [-0.1, -0.05) is 6.07 Å². The zero-order chi connectivity index (χ0) is 15.4. The highest BCUT2D eigenvalue weighted by Crippen LogP contribution is 2.14. The summed E-state index contributed by atoms with van der Waals surface area (Å²) in [5, 5.41) is 9.30. The van der Waals surface area contributed by atoms with Crippen molar-refractivity contribution in [2.24, 2.45) is 0 Å². The van der Waals surface area contributed by atoms with Crippen LogP contribution >= 0.6 is 0 Å². The van der Waals surface area contributed by atoms with Crippen LogP contribution in [0.25, 0.3) is 0 Å². The summed E-state index contributed by atoms with van der Waals surface area (Å²) in [5.74, 6) is -1.66. The van der Waals surface area contributed by atoms with E-state index in [1.807, 2.05) is 0 Å². The standard InChI is InChI=1S/C16H13FO4/c1-10(15(19)11-5-7-13(17)8-6-11)21-16(20)12-3-2-4-14(18)9-12/h2-10,18H,1H3/t10-/m1/s1. The molecule has 0 saturated heterocycles. The molecule has 0 radical (unpaired) electrons. The zero-order valence-electron chi connectivity index (χ0n) is 11.2. The fraction of sp³-hybridized carbons (Fsp3) is 0.125. The van der Waals surface area contributed by atoms with Gasteiger partial charge in [0.15, 0.2) is 6.10 Å². The van der Waals surface area contributed by atoms with Crippen molar-refractivity contribution in [1.29, 1.82) is 0 Å². The summed E-state index contributed by atoms with van der Waals surface area (Å²) in [5.41, 5.74) is 0.404. The van der Waals surface area contributed by atoms with Gasteiger partial charge in [0, 0.05) is 5.56 Å². The Morgan fingerprint density at radius 1 is 1.10 bits per heavy atom. The van der Waals surface area contributed by atoms with Crippen LogP contribution < -0.4 is 0 Å². The number of ether oxygens (including phenoxy) is 1. The average molecular weight is 288 g/mol. The minimum absolute atomic E-state index is 0.0676. The Bertz CT molecular complexity index is 664. The van der Waals surface area contributed by atoms with Gasteiger partial charge in [-0.15, -0.1) is 0 Å². The highest BCUT2D eigenvalue weighted by molar-refractivity contribution is 6.01. The topological polar surface area (TPSA) is 63.6 Å². The number of phenolic OH excluding ortho intramolecular Hbond substituents is 1. The minimum atomic E-state index is -1.01. The smallest absolute Gasteiger partial charge is 0.338 e. The van der Waals surface area contributed by atoms with Crippen LogP contribution in [0, 0.1) is 5.82 Å². The van der Waals surface area contributed by atoms with Crippen LogP contribution in [0.15, 0.2) is 48.5 Å². The summed E-state index contributed by atoms with van der Waals surface area (Å²) in [4.78, 5) is 23.9. The van der Waals surface area contributed by atoms with Crippen molar-refractivity contribution in [3.63, 3.8) is 0 Å². The highest BCUT2D eigenvalue weighted by atomic mass is 19.1. The lowest BCUT2D eigenvalue weighted by Gasteiger charge is -2.12. The quantitative estimate of drug-likeness (QED) is 0.694. The number of hydrogen-bond donors (Lipinski definition) is 1.